The van der Waals surface area contributed by atoms with Gasteiger partial charge in [-0.2, -0.15) is 0 Å². The lowest BCUT2D eigenvalue weighted by atomic mass is 10.2. The zero-order chi connectivity index (χ0) is 11.3. The van der Waals surface area contributed by atoms with Crippen LogP contribution in [0.15, 0.2) is 12.4 Å². The fourth-order valence-corrected chi connectivity index (χ4v) is 1.45. The van der Waals surface area contributed by atoms with Gasteiger partial charge in [-0.3, -0.25) is 4.98 Å². The average molecular weight is 209 g/mol. The summed E-state index contributed by atoms with van der Waals surface area (Å²) in [6, 6.07) is 0.462. The van der Waals surface area contributed by atoms with Crippen molar-refractivity contribution >= 4 is 5.82 Å². The van der Waals surface area contributed by atoms with Gasteiger partial charge in [0.05, 0.1) is 24.7 Å². The molecule has 0 saturated heterocycles. The maximum absolute atomic E-state index is 8.84. The Morgan fingerprint density at radius 2 is 2.13 bits per heavy atom. The van der Waals surface area contributed by atoms with Crippen LogP contribution >= 0.6 is 0 Å². The molecule has 0 amide bonds. The number of anilines is 1. The topological polar surface area (TPSA) is 49.2 Å². The smallest absolute Gasteiger partial charge is 0.147 e. The van der Waals surface area contributed by atoms with Crippen LogP contribution in [0.4, 0.5) is 5.82 Å². The molecular formula is C11H19N3O. The van der Waals surface area contributed by atoms with Crippen molar-refractivity contribution in [1.29, 1.82) is 0 Å². The summed E-state index contributed by atoms with van der Waals surface area (Å²) >= 11 is 0. The summed E-state index contributed by atoms with van der Waals surface area (Å²) in [5.41, 5.74) is 0.607. The Morgan fingerprint density at radius 3 is 2.60 bits per heavy atom. The summed E-state index contributed by atoms with van der Waals surface area (Å²) in [6.45, 7) is 4.29. The molecular weight excluding hydrogens is 190 g/mol. The Bertz CT molecular complexity index is 286. The van der Waals surface area contributed by atoms with Gasteiger partial charge in [0, 0.05) is 13.1 Å². The standard InChI is InChI=1S/C11H19N3O/c1-4-5-9(2)14(3)11-7-12-10(8-15)6-13-11/h6-7,9,15H,4-5,8H2,1-3H3. The van der Waals surface area contributed by atoms with Gasteiger partial charge in [0.2, 0.25) is 0 Å². The number of hydrogen-bond donors (Lipinski definition) is 1. The number of nitrogens with zero attached hydrogens (tertiary/aromatic N) is 3. The molecule has 0 aliphatic carbocycles. The van der Waals surface area contributed by atoms with Gasteiger partial charge in [0.15, 0.2) is 0 Å². The zero-order valence-electron chi connectivity index (χ0n) is 9.64. The molecule has 1 rings (SSSR count). The van der Waals surface area contributed by atoms with Crippen molar-refractivity contribution in [3.63, 3.8) is 0 Å². The maximum atomic E-state index is 8.84. The van der Waals surface area contributed by atoms with Crippen LogP contribution in [-0.2, 0) is 6.61 Å². The first-order valence-corrected chi connectivity index (χ1v) is 5.33. The van der Waals surface area contributed by atoms with Gasteiger partial charge in [0.1, 0.15) is 5.82 Å². The Balaban J connectivity index is 2.69. The van der Waals surface area contributed by atoms with E-state index in [0.29, 0.717) is 11.7 Å². The van der Waals surface area contributed by atoms with Crippen LogP contribution in [0.2, 0.25) is 0 Å². The molecule has 0 aliphatic heterocycles. The molecule has 4 heteroatoms. The summed E-state index contributed by atoms with van der Waals surface area (Å²) in [5, 5.41) is 8.84. The Labute approximate surface area is 91.0 Å². The monoisotopic (exact) mass is 209 g/mol. The van der Waals surface area contributed by atoms with E-state index >= 15 is 0 Å². The zero-order valence-corrected chi connectivity index (χ0v) is 9.64. The summed E-state index contributed by atoms with van der Waals surface area (Å²) in [4.78, 5) is 10.5. The molecule has 0 fully saturated rings. The van der Waals surface area contributed by atoms with E-state index in [2.05, 4.69) is 28.7 Å². The number of aromatic nitrogens is 2. The quantitative estimate of drug-likeness (QED) is 0.800. The van der Waals surface area contributed by atoms with E-state index in [4.69, 9.17) is 5.11 Å². The van der Waals surface area contributed by atoms with Gasteiger partial charge in [-0.25, -0.2) is 4.98 Å². The number of aliphatic hydroxyl groups is 1. The highest BCUT2D eigenvalue weighted by Crippen LogP contribution is 2.13. The van der Waals surface area contributed by atoms with Crippen molar-refractivity contribution in [2.75, 3.05) is 11.9 Å². The lowest BCUT2D eigenvalue weighted by Crippen LogP contribution is -2.29. The molecule has 0 radical (unpaired) electrons. The van der Waals surface area contributed by atoms with E-state index in [-0.39, 0.29) is 6.61 Å². The summed E-state index contributed by atoms with van der Waals surface area (Å²) in [5.74, 6) is 0.855. The van der Waals surface area contributed by atoms with E-state index in [1.807, 2.05) is 7.05 Å². The molecule has 1 atom stereocenters. The lowest BCUT2D eigenvalue weighted by Gasteiger charge is -2.25. The molecule has 1 unspecified atom stereocenters. The summed E-state index contributed by atoms with van der Waals surface area (Å²) in [7, 11) is 2.02. The first-order chi connectivity index (χ1) is 7.19. The third kappa shape index (κ3) is 3.16. The van der Waals surface area contributed by atoms with Gasteiger partial charge in [-0.1, -0.05) is 13.3 Å². The van der Waals surface area contributed by atoms with Crippen LogP contribution in [0.1, 0.15) is 32.4 Å². The van der Waals surface area contributed by atoms with E-state index in [9.17, 15) is 0 Å². The van der Waals surface area contributed by atoms with E-state index in [0.717, 1.165) is 18.7 Å². The number of aliphatic hydroxyl groups excluding tert-OH is 1. The lowest BCUT2D eigenvalue weighted by molar-refractivity contribution is 0.276. The number of hydrogen-bond acceptors (Lipinski definition) is 4. The van der Waals surface area contributed by atoms with Crippen molar-refractivity contribution in [2.45, 2.75) is 39.3 Å². The van der Waals surface area contributed by atoms with Gasteiger partial charge in [-0.05, 0) is 13.3 Å². The van der Waals surface area contributed by atoms with Gasteiger partial charge in [0.25, 0.3) is 0 Å². The second-order valence-electron chi connectivity index (χ2n) is 3.77. The van der Waals surface area contributed by atoms with E-state index in [1.165, 1.54) is 0 Å². The van der Waals surface area contributed by atoms with Crippen molar-refractivity contribution in [2.24, 2.45) is 0 Å². The van der Waals surface area contributed by atoms with Crippen LogP contribution in [-0.4, -0.2) is 28.2 Å². The Kier molecular flexibility index (Phi) is 4.49. The molecule has 15 heavy (non-hydrogen) atoms. The largest absolute Gasteiger partial charge is 0.390 e. The minimum Gasteiger partial charge on any atom is -0.390 e. The average Bonchev–Trinajstić information content (AvgIpc) is 2.28. The highest BCUT2D eigenvalue weighted by atomic mass is 16.3. The molecule has 1 aromatic heterocycles. The second kappa shape index (κ2) is 5.66. The SMILES string of the molecule is CCCC(C)N(C)c1cnc(CO)cn1. The highest BCUT2D eigenvalue weighted by molar-refractivity contribution is 5.35. The molecule has 4 nitrogen and oxygen atoms in total. The molecule has 84 valence electrons. The summed E-state index contributed by atoms with van der Waals surface area (Å²) in [6.07, 6.45) is 5.62. The molecule has 1 N–H and O–H groups in total. The molecule has 0 saturated carbocycles. The van der Waals surface area contributed by atoms with Crippen LogP contribution in [0, 0.1) is 0 Å². The van der Waals surface area contributed by atoms with Crippen LogP contribution < -0.4 is 4.90 Å². The maximum Gasteiger partial charge on any atom is 0.147 e. The van der Waals surface area contributed by atoms with E-state index in [1.54, 1.807) is 12.4 Å². The molecule has 0 bridgehead atoms. The van der Waals surface area contributed by atoms with Gasteiger partial charge >= 0.3 is 0 Å². The minimum atomic E-state index is -0.0541. The number of rotatable bonds is 5. The first-order valence-electron chi connectivity index (χ1n) is 5.33. The first kappa shape index (κ1) is 11.9. The van der Waals surface area contributed by atoms with Crippen LogP contribution in [0.3, 0.4) is 0 Å². The van der Waals surface area contributed by atoms with Gasteiger partial charge in [-0.15, -0.1) is 0 Å². The van der Waals surface area contributed by atoms with Gasteiger partial charge < -0.3 is 10.0 Å². The molecule has 0 aromatic carbocycles. The Hall–Kier alpha value is -1.16. The molecule has 1 heterocycles. The fraction of sp³-hybridized carbons (Fsp3) is 0.636. The third-order valence-corrected chi connectivity index (χ3v) is 2.58. The predicted octanol–water partition coefficient (Wildman–Crippen LogP) is 1.59. The van der Waals surface area contributed by atoms with Crippen LogP contribution in [0.25, 0.3) is 0 Å². The molecule has 0 spiro atoms. The van der Waals surface area contributed by atoms with Crippen molar-refractivity contribution in [1.82, 2.24) is 9.97 Å². The van der Waals surface area contributed by atoms with Crippen molar-refractivity contribution < 1.29 is 5.11 Å². The highest BCUT2D eigenvalue weighted by Gasteiger charge is 2.10. The second-order valence-corrected chi connectivity index (χ2v) is 3.77. The molecule has 0 aliphatic rings. The minimum absolute atomic E-state index is 0.0541. The van der Waals surface area contributed by atoms with Crippen molar-refractivity contribution in [3.8, 4) is 0 Å². The molecule has 1 aromatic rings. The van der Waals surface area contributed by atoms with E-state index < -0.39 is 0 Å². The third-order valence-electron chi connectivity index (χ3n) is 2.58. The normalized spacial score (nSPS) is 12.5. The Morgan fingerprint density at radius 1 is 1.40 bits per heavy atom. The fourth-order valence-electron chi connectivity index (χ4n) is 1.45. The predicted molar refractivity (Wildman–Crippen MR) is 60.7 cm³/mol. The van der Waals surface area contributed by atoms with Crippen LogP contribution in [0.5, 0.6) is 0 Å². The van der Waals surface area contributed by atoms with Crippen molar-refractivity contribution in [3.05, 3.63) is 18.1 Å². The summed E-state index contributed by atoms with van der Waals surface area (Å²) < 4.78 is 0.